The molecule has 2 amide bonds. The number of urea groups is 1. The van der Waals surface area contributed by atoms with Gasteiger partial charge in [0, 0.05) is 17.8 Å². The lowest BCUT2D eigenvalue weighted by Gasteiger charge is -2.07. The Labute approximate surface area is 149 Å². The summed E-state index contributed by atoms with van der Waals surface area (Å²) in [6, 6.07) is 7.15. The van der Waals surface area contributed by atoms with Gasteiger partial charge in [-0.25, -0.2) is 9.78 Å². The van der Waals surface area contributed by atoms with Gasteiger partial charge in [-0.3, -0.25) is 5.32 Å². The van der Waals surface area contributed by atoms with Crippen molar-refractivity contribution in [2.75, 3.05) is 5.32 Å². The number of aromatic nitrogens is 3. The number of hydrogen-bond acceptors (Lipinski definition) is 3. The molecule has 0 spiro atoms. The number of carbonyl (C=O) groups excluding carboxylic acids is 1. The smallest absolute Gasteiger partial charge is 0.320 e. The van der Waals surface area contributed by atoms with Crippen molar-refractivity contribution in [1.82, 2.24) is 19.9 Å². The van der Waals surface area contributed by atoms with Gasteiger partial charge in [0.2, 0.25) is 0 Å². The first kappa shape index (κ1) is 16.9. The molecule has 8 heteroatoms. The number of nitrogens with zero attached hydrogens (tertiary/aromatic N) is 3. The molecule has 3 N–H and O–H groups in total. The Morgan fingerprint density at radius 1 is 1.44 bits per heavy atom. The lowest BCUT2D eigenvalue weighted by molar-refractivity contribution is 0.251. The number of anilines is 1. The predicted molar refractivity (Wildman–Crippen MR) is 96.6 cm³/mol. The lowest BCUT2D eigenvalue weighted by Crippen LogP contribution is -2.29. The molecule has 0 unspecified atom stereocenters. The zero-order valence-corrected chi connectivity index (χ0v) is 14.8. The van der Waals surface area contributed by atoms with Crippen LogP contribution in [0.1, 0.15) is 22.6 Å². The van der Waals surface area contributed by atoms with Gasteiger partial charge in [-0.1, -0.05) is 11.6 Å². The Bertz CT molecular complexity index is 1010. The molecule has 7 nitrogen and oxygen atoms in total. The van der Waals surface area contributed by atoms with Gasteiger partial charge in [0.25, 0.3) is 0 Å². The summed E-state index contributed by atoms with van der Waals surface area (Å²) in [6.07, 6.45) is 0. The number of imidazole rings is 1. The maximum absolute atomic E-state index is 12.1. The van der Waals surface area contributed by atoms with E-state index in [0.717, 1.165) is 22.3 Å². The first-order valence-corrected chi connectivity index (χ1v) is 8.03. The van der Waals surface area contributed by atoms with E-state index in [1.54, 1.807) is 12.1 Å². The molecule has 0 aliphatic rings. The highest BCUT2D eigenvalue weighted by Crippen LogP contribution is 2.21. The van der Waals surface area contributed by atoms with E-state index in [-0.39, 0.29) is 6.54 Å². The van der Waals surface area contributed by atoms with Crippen LogP contribution >= 0.6 is 11.6 Å². The second-order valence-corrected chi connectivity index (χ2v) is 6.20. The summed E-state index contributed by atoms with van der Waals surface area (Å²) >= 11 is 5.98. The zero-order chi connectivity index (χ0) is 18.1. The van der Waals surface area contributed by atoms with E-state index >= 15 is 0 Å². The van der Waals surface area contributed by atoms with Crippen molar-refractivity contribution in [2.24, 2.45) is 7.05 Å². The molecular formula is C17H17ClN6O. The zero-order valence-electron chi connectivity index (χ0n) is 14.1. The number of rotatable bonds is 3. The molecule has 0 fully saturated rings. The van der Waals surface area contributed by atoms with E-state index in [0.29, 0.717) is 22.2 Å². The third-order valence-electron chi connectivity index (χ3n) is 4.19. The van der Waals surface area contributed by atoms with E-state index in [2.05, 4.69) is 26.7 Å². The minimum absolute atomic E-state index is 0.245. The number of fused-ring (bicyclic) bond motifs is 1. The normalized spacial score (nSPS) is 10.7. The van der Waals surface area contributed by atoms with Gasteiger partial charge in [0.05, 0.1) is 23.1 Å². The number of carbonyl (C=O) groups is 1. The quantitative estimate of drug-likeness (QED) is 0.671. The van der Waals surface area contributed by atoms with Crippen LogP contribution < -0.4 is 10.6 Å². The molecule has 0 radical (unpaired) electrons. The summed E-state index contributed by atoms with van der Waals surface area (Å²) in [7, 11) is 1.88. The average Bonchev–Trinajstić information content (AvgIpc) is 3.02. The summed E-state index contributed by atoms with van der Waals surface area (Å²) in [4.78, 5) is 19.6. The van der Waals surface area contributed by atoms with Crippen molar-refractivity contribution in [2.45, 2.75) is 20.4 Å². The van der Waals surface area contributed by atoms with E-state index < -0.39 is 6.03 Å². The largest absolute Gasteiger partial charge is 0.344 e. The molecule has 0 saturated heterocycles. The van der Waals surface area contributed by atoms with Crippen LogP contribution in [0.5, 0.6) is 0 Å². The number of aryl methyl sites for hydroxylation is 2. The maximum atomic E-state index is 12.1. The van der Waals surface area contributed by atoms with Gasteiger partial charge in [-0.15, -0.1) is 0 Å². The molecule has 2 aromatic heterocycles. The van der Waals surface area contributed by atoms with Crippen molar-refractivity contribution in [1.29, 1.82) is 5.26 Å². The molecule has 1 aromatic carbocycles. The molecule has 0 atom stereocenters. The summed E-state index contributed by atoms with van der Waals surface area (Å²) in [5.74, 6) is 1.10. The minimum Gasteiger partial charge on any atom is -0.344 e. The average molecular weight is 357 g/mol. The number of amides is 2. The van der Waals surface area contributed by atoms with E-state index in [4.69, 9.17) is 11.6 Å². The minimum atomic E-state index is -0.414. The standard InChI is InChI=1S/C17H17ClN6O/c1-9-10(2)21-16(12(9)7-19)23-17(25)20-8-15-22-13-6-11(18)4-5-14(13)24(15)3/h4-6,21H,8H2,1-3H3,(H2,20,23,25). The highest BCUT2D eigenvalue weighted by molar-refractivity contribution is 6.31. The van der Waals surface area contributed by atoms with Gasteiger partial charge >= 0.3 is 6.03 Å². The van der Waals surface area contributed by atoms with Gasteiger partial charge in [0.15, 0.2) is 0 Å². The Hall–Kier alpha value is -2.98. The van der Waals surface area contributed by atoms with E-state index in [9.17, 15) is 10.1 Å². The summed E-state index contributed by atoms with van der Waals surface area (Å²) < 4.78 is 1.90. The number of aromatic amines is 1. The third kappa shape index (κ3) is 3.16. The van der Waals surface area contributed by atoms with Crippen LogP contribution in [0.4, 0.5) is 10.6 Å². The third-order valence-corrected chi connectivity index (χ3v) is 4.43. The molecule has 0 saturated carbocycles. The molecule has 3 aromatic rings. The van der Waals surface area contributed by atoms with Crippen molar-refractivity contribution >= 4 is 34.5 Å². The first-order chi connectivity index (χ1) is 11.9. The van der Waals surface area contributed by atoms with Crippen LogP contribution in [0.25, 0.3) is 11.0 Å². The van der Waals surface area contributed by atoms with Crippen LogP contribution in [0.15, 0.2) is 18.2 Å². The van der Waals surface area contributed by atoms with Crippen LogP contribution in [0, 0.1) is 25.2 Å². The molecule has 3 rings (SSSR count). The first-order valence-electron chi connectivity index (χ1n) is 7.65. The summed E-state index contributed by atoms with van der Waals surface area (Å²) in [5.41, 5.74) is 3.81. The molecule has 0 bridgehead atoms. The molecule has 128 valence electrons. The van der Waals surface area contributed by atoms with Gasteiger partial charge in [-0.05, 0) is 37.6 Å². The summed E-state index contributed by atoms with van der Waals surface area (Å²) in [5, 5.41) is 15.2. The van der Waals surface area contributed by atoms with E-state index in [1.165, 1.54) is 0 Å². The van der Waals surface area contributed by atoms with Gasteiger partial charge < -0.3 is 14.9 Å². The number of H-pyrrole nitrogens is 1. The van der Waals surface area contributed by atoms with Crippen LogP contribution in [0.2, 0.25) is 5.02 Å². The number of hydrogen-bond donors (Lipinski definition) is 3. The Balaban J connectivity index is 1.72. The van der Waals surface area contributed by atoms with Crippen LogP contribution in [-0.2, 0) is 13.6 Å². The highest BCUT2D eigenvalue weighted by Gasteiger charge is 2.14. The monoisotopic (exact) mass is 356 g/mol. The topological polar surface area (TPSA) is 98.5 Å². The highest BCUT2D eigenvalue weighted by atomic mass is 35.5. The fourth-order valence-corrected chi connectivity index (χ4v) is 2.82. The Morgan fingerprint density at radius 2 is 2.20 bits per heavy atom. The Kier molecular flexibility index (Phi) is 4.38. The molecule has 2 heterocycles. The molecule has 0 aliphatic heterocycles. The lowest BCUT2D eigenvalue weighted by atomic mass is 10.2. The second-order valence-electron chi connectivity index (χ2n) is 5.76. The van der Waals surface area contributed by atoms with Crippen molar-refractivity contribution in [3.05, 3.63) is 45.9 Å². The van der Waals surface area contributed by atoms with Gasteiger partial charge in [-0.2, -0.15) is 5.26 Å². The number of nitriles is 1. The molecular weight excluding hydrogens is 340 g/mol. The van der Waals surface area contributed by atoms with Crippen molar-refractivity contribution in [3.63, 3.8) is 0 Å². The fraction of sp³-hybridized carbons (Fsp3) is 0.235. The molecule has 25 heavy (non-hydrogen) atoms. The van der Waals surface area contributed by atoms with Crippen LogP contribution in [0.3, 0.4) is 0 Å². The predicted octanol–water partition coefficient (Wildman–Crippen LogP) is 3.37. The van der Waals surface area contributed by atoms with Crippen molar-refractivity contribution < 1.29 is 4.79 Å². The second kappa shape index (κ2) is 6.49. The number of nitrogens with one attached hydrogen (secondary N) is 3. The Morgan fingerprint density at radius 3 is 2.92 bits per heavy atom. The van der Waals surface area contributed by atoms with Crippen LogP contribution in [-0.4, -0.2) is 20.6 Å². The summed E-state index contributed by atoms with van der Waals surface area (Å²) in [6.45, 7) is 3.93. The SMILES string of the molecule is Cc1[nH]c(NC(=O)NCc2nc3cc(Cl)ccc3n2C)c(C#N)c1C. The number of halogens is 1. The number of benzene rings is 1. The maximum Gasteiger partial charge on any atom is 0.320 e. The fourth-order valence-electron chi connectivity index (χ4n) is 2.65. The van der Waals surface area contributed by atoms with Crippen molar-refractivity contribution in [3.8, 4) is 6.07 Å². The molecule has 0 aliphatic carbocycles. The van der Waals surface area contributed by atoms with Gasteiger partial charge in [0.1, 0.15) is 17.7 Å². The van der Waals surface area contributed by atoms with E-state index in [1.807, 2.05) is 31.5 Å².